The lowest BCUT2D eigenvalue weighted by Crippen LogP contribution is -2.40. The van der Waals surface area contributed by atoms with Crippen LogP contribution in [0.15, 0.2) is 24.3 Å². The van der Waals surface area contributed by atoms with Gasteiger partial charge < -0.3 is 15.5 Å². The van der Waals surface area contributed by atoms with Crippen molar-refractivity contribution in [1.82, 2.24) is 5.32 Å². The Morgan fingerprint density at radius 3 is 2.35 bits per heavy atom. The Morgan fingerprint density at radius 1 is 1.24 bits per heavy atom. The third-order valence-electron chi connectivity index (χ3n) is 2.65. The minimum Gasteiger partial charge on any atom is -0.507 e. The molecule has 0 bridgehead atoms. The maximum absolute atomic E-state index is 11.7. The summed E-state index contributed by atoms with van der Waals surface area (Å²) in [5.41, 5.74) is 0.136. The quantitative estimate of drug-likeness (QED) is 0.735. The largest absolute Gasteiger partial charge is 0.507 e. The van der Waals surface area contributed by atoms with Crippen LogP contribution in [0.5, 0.6) is 5.75 Å². The van der Waals surface area contributed by atoms with Crippen LogP contribution in [0.25, 0.3) is 0 Å². The van der Waals surface area contributed by atoms with Crippen molar-refractivity contribution < 1.29 is 19.8 Å². The van der Waals surface area contributed by atoms with E-state index in [0.29, 0.717) is 0 Å². The van der Waals surface area contributed by atoms with Gasteiger partial charge in [-0.3, -0.25) is 9.59 Å². The summed E-state index contributed by atoms with van der Waals surface area (Å²) in [7, 11) is 0. The molecule has 0 aliphatic carbocycles. The molecule has 5 heteroatoms. The highest BCUT2D eigenvalue weighted by atomic mass is 16.4. The lowest BCUT2D eigenvalue weighted by Gasteiger charge is -2.17. The van der Waals surface area contributed by atoms with Crippen LogP contribution in [0, 0.1) is 5.92 Å². The molecule has 5 nitrogen and oxygen atoms in total. The normalized spacial score (nSPS) is 13.8. The molecule has 0 fully saturated rings. The predicted octanol–water partition coefficient (Wildman–Crippen LogP) is 1.23. The molecule has 2 unspecified atom stereocenters. The highest BCUT2D eigenvalue weighted by molar-refractivity contribution is 5.97. The van der Waals surface area contributed by atoms with Gasteiger partial charge in [0.2, 0.25) is 0 Å². The summed E-state index contributed by atoms with van der Waals surface area (Å²) in [5.74, 6) is -2.27. The number of nitrogens with one attached hydrogen (secondary N) is 1. The highest BCUT2D eigenvalue weighted by Gasteiger charge is 2.22. The zero-order valence-corrected chi connectivity index (χ0v) is 9.68. The van der Waals surface area contributed by atoms with Crippen LogP contribution in [0.4, 0.5) is 0 Å². The van der Waals surface area contributed by atoms with Gasteiger partial charge in [-0.1, -0.05) is 12.1 Å². The van der Waals surface area contributed by atoms with Crippen LogP contribution < -0.4 is 5.32 Å². The summed E-state index contributed by atoms with van der Waals surface area (Å²) in [6.07, 6.45) is 0. The lowest BCUT2D eigenvalue weighted by atomic mass is 10.0. The summed E-state index contributed by atoms with van der Waals surface area (Å²) < 4.78 is 0. The Morgan fingerprint density at radius 2 is 1.82 bits per heavy atom. The molecule has 0 aliphatic heterocycles. The molecule has 0 aromatic heterocycles. The first kappa shape index (κ1) is 13.0. The summed E-state index contributed by atoms with van der Waals surface area (Å²) in [4.78, 5) is 22.5. The average Bonchev–Trinajstić information content (AvgIpc) is 2.28. The number of amides is 1. The van der Waals surface area contributed by atoms with Crippen molar-refractivity contribution in [2.75, 3.05) is 0 Å². The van der Waals surface area contributed by atoms with Gasteiger partial charge in [-0.2, -0.15) is 0 Å². The Labute approximate surface area is 99.1 Å². The number of aromatic hydroxyl groups is 1. The first-order valence-corrected chi connectivity index (χ1v) is 5.25. The zero-order chi connectivity index (χ0) is 13.0. The second-order valence-electron chi connectivity index (χ2n) is 3.91. The number of hydrogen-bond acceptors (Lipinski definition) is 3. The van der Waals surface area contributed by atoms with Gasteiger partial charge in [-0.15, -0.1) is 0 Å². The summed E-state index contributed by atoms with van der Waals surface area (Å²) >= 11 is 0. The van der Waals surface area contributed by atoms with E-state index in [2.05, 4.69) is 5.32 Å². The van der Waals surface area contributed by atoms with Crippen LogP contribution in [0.3, 0.4) is 0 Å². The molecule has 17 heavy (non-hydrogen) atoms. The number of aliphatic carboxylic acids is 1. The Balaban J connectivity index is 2.74. The minimum absolute atomic E-state index is 0.125. The highest BCUT2D eigenvalue weighted by Crippen LogP contribution is 2.15. The van der Waals surface area contributed by atoms with E-state index in [0.717, 1.165) is 0 Å². The molecule has 1 aromatic rings. The molecule has 2 atom stereocenters. The number of rotatable bonds is 4. The van der Waals surface area contributed by atoms with E-state index in [1.807, 2.05) is 0 Å². The number of phenolic OH excluding ortho intramolecular Hbond substituents is 1. The van der Waals surface area contributed by atoms with Gasteiger partial charge in [0.25, 0.3) is 5.91 Å². The number of carbonyl (C=O) groups excluding carboxylic acids is 1. The third kappa shape index (κ3) is 3.21. The van der Waals surface area contributed by atoms with Gasteiger partial charge in [0, 0.05) is 6.04 Å². The SMILES string of the molecule is CC(NC(=O)c1ccccc1O)C(C)C(=O)O. The molecule has 0 aliphatic rings. The molecule has 0 radical (unpaired) electrons. The molecular formula is C12H15NO4. The fourth-order valence-electron chi connectivity index (χ4n) is 1.29. The summed E-state index contributed by atoms with van der Waals surface area (Å²) in [6, 6.07) is 5.60. The molecule has 1 rings (SSSR count). The van der Waals surface area contributed by atoms with Crippen molar-refractivity contribution in [3.05, 3.63) is 29.8 Å². The first-order valence-electron chi connectivity index (χ1n) is 5.25. The van der Waals surface area contributed by atoms with E-state index in [9.17, 15) is 14.7 Å². The van der Waals surface area contributed by atoms with Crippen molar-refractivity contribution in [3.63, 3.8) is 0 Å². The van der Waals surface area contributed by atoms with Crippen molar-refractivity contribution in [1.29, 1.82) is 0 Å². The van der Waals surface area contributed by atoms with Crippen molar-refractivity contribution in [3.8, 4) is 5.75 Å². The maximum Gasteiger partial charge on any atom is 0.308 e. The molecule has 1 aromatic carbocycles. The topological polar surface area (TPSA) is 86.6 Å². The van der Waals surface area contributed by atoms with Gasteiger partial charge in [-0.05, 0) is 26.0 Å². The fourth-order valence-corrected chi connectivity index (χ4v) is 1.29. The number of carbonyl (C=O) groups is 2. The monoisotopic (exact) mass is 237 g/mol. The molecule has 0 saturated heterocycles. The van der Waals surface area contributed by atoms with Crippen molar-refractivity contribution in [2.24, 2.45) is 5.92 Å². The van der Waals surface area contributed by atoms with E-state index >= 15 is 0 Å². The Hall–Kier alpha value is -2.04. The van der Waals surface area contributed by atoms with Crippen LogP contribution in [-0.4, -0.2) is 28.1 Å². The van der Waals surface area contributed by atoms with Crippen molar-refractivity contribution >= 4 is 11.9 Å². The molecule has 0 spiro atoms. The summed E-state index contributed by atoms with van der Waals surface area (Å²) in [5, 5.41) is 20.8. The number of para-hydroxylation sites is 1. The molecule has 1 amide bonds. The second kappa shape index (κ2) is 5.34. The predicted molar refractivity (Wildman–Crippen MR) is 61.8 cm³/mol. The zero-order valence-electron chi connectivity index (χ0n) is 9.68. The number of benzene rings is 1. The van der Waals surface area contributed by atoms with Crippen molar-refractivity contribution in [2.45, 2.75) is 19.9 Å². The van der Waals surface area contributed by atoms with E-state index in [1.54, 1.807) is 19.1 Å². The minimum atomic E-state index is -0.977. The van der Waals surface area contributed by atoms with Crippen LogP contribution in [-0.2, 0) is 4.79 Å². The average molecular weight is 237 g/mol. The molecule has 0 saturated carbocycles. The van der Waals surface area contributed by atoms with E-state index in [-0.39, 0.29) is 11.3 Å². The number of carboxylic acids is 1. The number of hydrogen-bond donors (Lipinski definition) is 3. The van der Waals surface area contributed by atoms with Gasteiger partial charge >= 0.3 is 5.97 Å². The summed E-state index contributed by atoms with van der Waals surface area (Å²) in [6.45, 7) is 3.12. The standard InChI is InChI=1S/C12H15NO4/c1-7(12(16)17)8(2)13-11(15)9-5-3-4-6-10(9)14/h3-8,14H,1-2H3,(H,13,15)(H,16,17). The molecule has 3 N–H and O–H groups in total. The molecular weight excluding hydrogens is 222 g/mol. The maximum atomic E-state index is 11.7. The Bertz CT molecular complexity index is 430. The third-order valence-corrected chi connectivity index (χ3v) is 2.65. The van der Waals surface area contributed by atoms with Gasteiger partial charge in [0.05, 0.1) is 11.5 Å². The van der Waals surface area contributed by atoms with Gasteiger partial charge in [-0.25, -0.2) is 0 Å². The lowest BCUT2D eigenvalue weighted by molar-refractivity contribution is -0.141. The van der Waals surface area contributed by atoms with Crippen LogP contribution in [0.2, 0.25) is 0 Å². The van der Waals surface area contributed by atoms with Crippen LogP contribution >= 0.6 is 0 Å². The van der Waals surface area contributed by atoms with Crippen LogP contribution in [0.1, 0.15) is 24.2 Å². The molecule has 0 heterocycles. The molecule has 92 valence electrons. The first-order chi connectivity index (χ1) is 7.93. The fraction of sp³-hybridized carbons (Fsp3) is 0.333. The number of carboxylic acid groups (broad SMARTS) is 1. The smallest absolute Gasteiger partial charge is 0.308 e. The van der Waals surface area contributed by atoms with E-state index in [4.69, 9.17) is 5.11 Å². The van der Waals surface area contributed by atoms with E-state index < -0.39 is 23.8 Å². The van der Waals surface area contributed by atoms with Gasteiger partial charge in [0.15, 0.2) is 0 Å². The van der Waals surface area contributed by atoms with Gasteiger partial charge in [0.1, 0.15) is 5.75 Å². The second-order valence-corrected chi connectivity index (χ2v) is 3.91. The Kier molecular flexibility index (Phi) is 4.09. The number of phenols is 1. The van der Waals surface area contributed by atoms with E-state index in [1.165, 1.54) is 19.1 Å².